The Bertz CT molecular complexity index is 920. The van der Waals surface area contributed by atoms with Crippen LogP contribution in [0.2, 0.25) is 0 Å². The van der Waals surface area contributed by atoms with Crippen LogP contribution in [0.15, 0.2) is 30.9 Å². The maximum Gasteiger partial charge on any atom is 0.150 e. The number of thiol groups is 1. The van der Waals surface area contributed by atoms with Crippen LogP contribution in [-0.4, -0.2) is 43.3 Å². The van der Waals surface area contributed by atoms with Crippen LogP contribution in [-0.2, 0) is 7.05 Å². The van der Waals surface area contributed by atoms with Crippen molar-refractivity contribution in [3.63, 3.8) is 0 Å². The monoisotopic (exact) mass is 383 g/mol. The molecule has 4 rings (SSSR count). The van der Waals surface area contributed by atoms with Gasteiger partial charge in [0.05, 0.1) is 6.20 Å². The summed E-state index contributed by atoms with van der Waals surface area (Å²) in [5.74, 6) is 0.609. The van der Waals surface area contributed by atoms with Gasteiger partial charge >= 0.3 is 0 Å². The molecule has 0 N–H and O–H groups in total. The Kier molecular flexibility index (Phi) is 5.28. The summed E-state index contributed by atoms with van der Waals surface area (Å²) in [6.07, 6.45) is 14.3. The second kappa shape index (κ2) is 7.68. The van der Waals surface area contributed by atoms with E-state index in [1.165, 1.54) is 49.6 Å². The van der Waals surface area contributed by atoms with Crippen molar-refractivity contribution in [3.8, 4) is 11.1 Å². The van der Waals surface area contributed by atoms with Gasteiger partial charge in [0, 0.05) is 48.2 Å². The molecule has 1 aliphatic carbocycles. The first-order valence-electron chi connectivity index (χ1n) is 9.96. The highest BCUT2D eigenvalue weighted by Crippen LogP contribution is 2.37. The smallest absolute Gasteiger partial charge is 0.150 e. The maximum absolute atomic E-state index is 4.74. The number of aromatic nitrogens is 4. The van der Waals surface area contributed by atoms with Crippen LogP contribution in [0.4, 0.5) is 0 Å². The van der Waals surface area contributed by atoms with Gasteiger partial charge in [-0.1, -0.05) is 19.7 Å². The number of hydrogen-bond donors (Lipinski definition) is 1. The summed E-state index contributed by atoms with van der Waals surface area (Å²) in [6, 6.07) is 3.07. The highest BCUT2D eigenvalue weighted by Gasteiger charge is 2.25. The third-order valence-electron chi connectivity index (χ3n) is 6.03. The molecule has 27 heavy (non-hydrogen) atoms. The number of hydrogen-bond acceptors (Lipinski definition) is 4. The van der Waals surface area contributed by atoms with Crippen LogP contribution in [0.25, 0.3) is 22.2 Å². The van der Waals surface area contributed by atoms with Crippen LogP contribution in [0, 0.1) is 0 Å². The summed E-state index contributed by atoms with van der Waals surface area (Å²) < 4.78 is 3.65. The molecular formula is C21H29N5S. The van der Waals surface area contributed by atoms with Crippen molar-refractivity contribution >= 4 is 23.8 Å². The van der Waals surface area contributed by atoms with E-state index in [0.717, 1.165) is 22.8 Å². The number of nitrogens with zero attached hydrogens (tertiary/aromatic N) is 5. The van der Waals surface area contributed by atoms with E-state index < -0.39 is 0 Å². The first kappa shape index (κ1) is 18.6. The van der Waals surface area contributed by atoms with E-state index >= 15 is 0 Å². The molecule has 0 radical (unpaired) electrons. The maximum atomic E-state index is 4.74. The van der Waals surface area contributed by atoms with Gasteiger partial charge in [0.25, 0.3) is 0 Å². The molecule has 0 saturated heterocycles. The van der Waals surface area contributed by atoms with E-state index in [4.69, 9.17) is 4.98 Å². The molecule has 5 nitrogen and oxygen atoms in total. The Morgan fingerprint density at radius 3 is 2.63 bits per heavy atom. The zero-order chi connectivity index (χ0) is 19.0. The first-order chi connectivity index (χ1) is 13.1. The molecule has 3 aromatic rings. The van der Waals surface area contributed by atoms with Gasteiger partial charge in [-0.3, -0.25) is 8.65 Å². The van der Waals surface area contributed by atoms with Crippen molar-refractivity contribution in [1.82, 2.24) is 23.6 Å². The van der Waals surface area contributed by atoms with Crippen molar-refractivity contribution in [2.75, 3.05) is 13.6 Å². The molecule has 0 spiro atoms. The Balaban J connectivity index is 1.59. The normalized spacial score (nSPS) is 20.6. The van der Waals surface area contributed by atoms with Crippen molar-refractivity contribution in [3.05, 3.63) is 36.4 Å². The Labute approximate surface area is 166 Å². The molecule has 3 heterocycles. The fourth-order valence-electron chi connectivity index (χ4n) is 4.51. The van der Waals surface area contributed by atoms with E-state index in [2.05, 4.69) is 49.0 Å². The molecule has 6 heteroatoms. The molecule has 1 aliphatic rings. The molecule has 0 atom stereocenters. The Morgan fingerprint density at radius 1 is 1.19 bits per heavy atom. The van der Waals surface area contributed by atoms with Gasteiger partial charge in [-0.15, -0.1) is 0 Å². The van der Waals surface area contributed by atoms with E-state index in [1.807, 2.05) is 34.3 Å². The summed E-state index contributed by atoms with van der Waals surface area (Å²) in [5.41, 5.74) is 4.54. The predicted molar refractivity (Wildman–Crippen MR) is 114 cm³/mol. The van der Waals surface area contributed by atoms with Gasteiger partial charge in [-0.2, -0.15) is 5.10 Å². The van der Waals surface area contributed by atoms with E-state index in [9.17, 15) is 0 Å². The van der Waals surface area contributed by atoms with Gasteiger partial charge in [0.1, 0.15) is 5.65 Å². The Morgan fingerprint density at radius 2 is 1.96 bits per heavy atom. The quantitative estimate of drug-likeness (QED) is 0.660. The SMILES string of the molecule is CCCN(C)[C@H]1CC[C@H](c2cnc3c(c2)c(-c2cnn(C)c2)cn3S)CC1. The standard InChI is InChI=1S/C21H29N5S/c1-4-9-24(2)18-7-5-15(6-8-18)16-10-19-20(17-12-23-25(3)13-17)14-26(27)21(19)22-11-16/h10-15,18,27H,4-9H2,1-3H3/t15-,18-. The molecule has 0 amide bonds. The van der Waals surface area contributed by atoms with Crippen LogP contribution in [0.5, 0.6) is 0 Å². The molecule has 0 aromatic carbocycles. The fourth-order valence-corrected chi connectivity index (χ4v) is 4.78. The summed E-state index contributed by atoms with van der Waals surface area (Å²) in [4.78, 5) is 7.28. The molecule has 3 aromatic heterocycles. The third kappa shape index (κ3) is 3.65. The van der Waals surface area contributed by atoms with Gasteiger partial charge in [-0.25, -0.2) is 4.98 Å². The zero-order valence-corrected chi connectivity index (χ0v) is 17.4. The Hall–Kier alpha value is -1.79. The molecule has 0 bridgehead atoms. The van der Waals surface area contributed by atoms with Crippen molar-refractivity contribution in [2.24, 2.45) is 7.05 Å². The van der Waals surface area contributed by atoms with E-state index in [1.54, 1.807) is 0 Å². The zero-order valence-electron chi connectivity index (χ0n) is 16.5. The summed E-state index contributed by atoms with van der Waals surface area (Å²) in [5, 5.41) is 5.49. The molecule has 0 unspecified atom stereocenters. The highest BCUT2D eigenvalue weighted by molar-refractivity contribution is 7.78. The molecule has 1 fully saturated rings. The minimum atomic E-state index is 0.609. The lowest BCUT2D eigenvalue weighted by Crippen LogP contribution is -2.35. The minimum absolute atomic E-state index is 0.609. The fraction of sp³-hybridized carbons (Fsp3) is 0.524. The first-order valence-corrected chi connectivity index (χ1v) is 10.4. The lowest BCUT2D eigenvalue weighted by Gasteiger charge is -2.34. The number of fused-ring (bicyclic) bond motifs is 1. The van der Waals surface area contributed by atoms with Crippen LogP contribution in [0.1, 0.15) is 50.5 Å². The molecular weight excluding hydrogens is 354 g/mol. The van der Waals surface area contributed by atoms with E-state index in [-0.39, 0.29) is 0 Å². The lowest BCUT2D eigenvalue weighted by molar-refractivity contribution is 0.183. The van der Waals surface area contributed by atoms with Crippen molar-refractivity contribution in [2.45, 2.75) is 51.0 Å². The van der Waals surface area contributed by atoms with Gasteiger partial charge in [0.2, 0.25) is 0 Å². The van der Waals surface area contributed by atoms with Crippen molar-refractivity contribution in [1.29, 1.82) is 0 Å². The van der Waals surface area contributed by atoms with E-state index in [0.29, 0.717) is 5.92 Å². The average molecular weight is 384 g/mol. The van der Waals surface area contributed by atoms with Gasteiger partial charge < -0.3 is 4.90 Å². The average Bonchev–Trinajstić information content (AvgIpc) is 3.25. The van der Waals surface area contributed by atoms with Crippen LogP contribution >= 0.6 is 12.8 Å². The largest absolute Gasteiger partial charge is 0.303 e. The second-order valence-electron chi connectivity index (χ2n) is 7.92. The van der Waals surface area contributed by atoms with Crippen LogP contribution < -0.4 is 0 Å². The van der Waals surface area contributed by atoms with Crippen LogP contribution in [0.3, 0.4) is 0 Å². The predicted octanol–water partition coefficient (Wildman–Crippen LogP) is 4.50. The third-order valence-corrected chi connectivity index (χ3v) is 6.33. The number of rotatable bonds is 5. The number of pyridine rings is 1. The minimum Gasteiger partial charge on any atom is -0.303 e. The second-order valence-corrected chi connectivity index (χ2v) is 8.35. The summed E-state index contributed by atoms with van der Waals surface area (Å²) in [6.45, 7) is 3.46. The summed E-state index contributed by atoms with van der Waals surface area (Å²) >= 11 is 4.57. The lowest BCUT2D eigenvalue weighted by atomic mass is 9.81. The number of aryl methyl sites for hydroxylation is 1. The molecule has 1 saturated carbocycles. The topological polar surface area (TPSA) is 38.9 Å². The highest BCUT2D eigenvalue weighted by atomic mass is 32.1. The van der Waals surface area contributed by atoms with Gasteiger partial charge in [0.15, 0.2) is 0 Å². The van der Waals surface area contributed by atoms with Gasteiger partial charge in [-0.05, 0) is 63.2 Å². The molecule has 144 valence electrons. The molecule has 0 aliphatic heterocycles. The van der Waals surface area contributed by atoms with Crippen molar-refractivity contribution < 1.29 is 0 Å². The summed E-state index contributed by atoms with van der Waals surface area (Å²) in [7, 11) is 4.22.